The van der Waals surface area contributed by atoms with E-state index in [0.717, 1.165) is 5.75 Å². The second-order valence-corrected chi connectivity index (χ2v) is 4.44. The van der Waals surface area contributed by atoms with Gasteiger partial charge in [-0.3, -0.25) is 0 Å². The van der Waals surface area contributed by atoms with Gasteiger partial charge in [-0.2, -0.15) is 24.9 Å². The molecule has 0 aliphatic rings. The number of nitrogens with one attached hydrogen (secondary N) is 1. The normalized spacial score (nSPS) is 11.7. The van der Waals surface area contributed by atoms with Crippen molar-refractivity contribution in [3.8, 4) is 0 Å². The van der Waals surface area contributed by atoms with E-state index >= 15 is 0 Å². The lowest BCUT2D eigenvalue weighted by atomic mass is 10.2. The Hall–Kier alpha value is -0.680. The van der Waals surface area contributed by atoms with Gasteiger partial charge in [-0.15, -0.1) is 0 Å². The van der Waals surface area contributed by atoms with Gasteiger partial charge in [-0.05, 0) is 5.56 Å². The van der Waals surface area contributed by atoms with Crippen LogP contribution < -0.4 is 5.32 Å². The molecule has 0 atom stereocenters. The Kier molecular flexibility index (Phi) is 5.69. The van der Waals surface area contributed by atoms with Crippen molar-refractivity contribution in [2.24, 2.45) is 0 Å². The minimum Gasteiger partial charge on any atom is -0.308 e. The van der Waals surface area contributed by atoms with Crippen molar-refractivity contribution in [2.75, 3.05) is 18.8 Å². The lowest BCUT2D eigenvalue weighted by molar-refractivity contribution is -0.124. The van der Waals surface area contributed by atoms with Crippen molar-refractivity contribution in [3.05, 3.63) is 35.9 Å². The summed E-state index contributed by atoms with van der Waals surface area (Å²) in [5, 5.41) is 2.37. The van der Waals surface area contributed by atoms with Crippen LogP contribution in [0, 0.1) is 0 Å². The molecule has 5 heteroatoms. The van der Waals surface area contributed by atoms with E-state index in [1.807, 2.05) is 30.3 Å². The highest BCUT2D eigenvalue weighted by atomic mass is 32.2. The van der Waals surface area contributed by atoms with Crippen LogP contribution in [0.4, 0.5) is 13.2 Å². The molecule has 0 aliphatic heterocycles. The number of halogens is 3. The highest BCUT2D eigenvalue weighted by Crippen LogP contribution is 2.13. The summed E-state index contributed by atoms with van der Waals surface area (Å²) < 4.78 is 35.3. The molecule has 16 heavy (non-hydrogen) atoms. The summed E-state index contributed by atoms with van der Waals surface area (Å²) in [7, 11) is 0. The average Bonchev–Trinajstić information content (AvgIpc) is 2.23. The fraction of sp³-hybridized carbons (Fsp3) is 0.455. The highest BCUT2D eigenvalue weighted by Gasteiger charge is 2.25. The third-order valence-corrected chi connectivity index (χ3v) is 2.89. The molecule has 1 nitrogen and oxygen atoms in total. The molecule has 1 aromatic carbocycles. The third-order valence-electron chi connectivity index (χ3n) is 1.86. The van der Waals surface area contributed by atoms with Crippen LogP contribution in [-0.4, -0.2) is 25.0 Å². The second kappa shape index (κ2) is 6.81. The number of alkyl halides is 3. The highest BCUT2D eigenvalue weighted by molar-refractivity contribution is 7.98. The summed E-state index contributed by atoms with van der Waals surface area (Å²) in [6.07, 6.45) is -4.11. The smallest absolute Gasteiger partial charge is 0.308 e. The Morgan fingerprint density at radius 2 is 1.81 bits per heavy atom. The fourth-order valence-corrected chi connectivity index (χ4v) is 2.00. The molecule has 90 valence electrons. The lowest BCUT2D eigenvalue weighted by Gasteiger charge is -2.07. The van der Waals surface area contributed by atoms with Crippen molar-refractivity contribution < 1.29 is 13.2 Å². The van der Waals surface area contributed by atoms with Crippen LogP contribution in [0.5, 0.6) is 0 Å². The zero-order valence-electron chi connectivity index (χ0n) is 8.76. The Morgan fingerprint density at radius 3 is 2.44 bits per heavy atom. The van der Waals surface area contributed by atoms with E-state index in [1.54, 1.807) is 11.8 Å². The summed E-state index contributed by atoms with van der Waals surface area (Å²) in [5.74, 6) is 1.53. The van der Waals surface area contributed by atoms with Gasteiger partial charge in [0, 0.05) is 18.1 Å². The van der Waals surface area contributed by atoms with E-state index in [4.69, 9.17) is 0 Å². The Bertz CT molecular complexity index is 287. The number of rotatable bonds is 6. The summed E-state index contributed by atoms with van der Waals surface area (Å²) >= 11 is 1.63. The summed E-state index contributed by atoms with van der Waals surface area (Å²) in [4.78, 5) is 0. The van der Waals surface area contributed by atoms with Gasteiger partial charge in [0.25, 0.3) is 0 Å². The van der Waals surface area contributed by atoms with Crippen LogP contribution in [0.2, 0.25) is 0 Å². The van der Waals surface area contributed by atoms with Crippen LogP contribution in [-0.2, 0) is 5.75 Å². The molecule has 0 aromatic heterocycles. The van der Waals surface area contributed by atoms with Crippen molar-refractivity contribution in [2.45, 2.75) is 11.9 Å². The van der Waals surface area contributed by atoms with Gasteiger partial charge < -0.3 is 5.32 Å². The Labute approximate surface area is 97.4 Å². The minimum absolute atomic E-state index is 0.386. The molecule has 0 amide bonds. The first kappa shape index (κ1) is 13.4. The Balaban J connectivity index is 2.01. The van der Waals surface area contributed by atoms with Gasteiger partial charge in [0.05, 0.1) is 6.54 Å². The molecule has 0 fully saturated rings. The molecule has 0 unspecified atom stereocenters. The SMILES string of the molecule is FC(F)(F)CNCCSCc1ccccc1. The molecule has 1 rings (SSSR count). The zero-order chi connectivity index (χ0) is 11.9. The monoisotopic (exact) mass is 249 g/mol. The van der Waals surface area contributed by atoms with Gasteiger partial charge >= 0.3 is 6.18 Å². The van der Waals surface area contributed by atoms with E-state index in [0.29, 0.717) is 12.3 Å². The molecule has 0 radical (unpaired) electrons. The minimum atomic E-state index is -4.11. The van der Waals surface area contributed by atoms with Crippen LogP contribution in [0.15, 0.2) is 30.3 Å². The molecular weight excluding hydrogens is 235 g/mol. The predicted molar refractivity (Wildman–Crippen MR) is 61.5 cm³/mol. The van der Waals surface area contributed by atoms with Crippen LogP contribution >= 0.6 is 11.8 Å². The first-order valence-corrected chi connectivity index (χ1v) is 6.12. The summed E-state index contributed by atoms with van der Waals surface area (Å²) in [6, 6.07) is 9.88. The second-order valence-electron chi connectivity index (χ2n) is 3.33. The van der Waals surface area contributed by atoms with E-state index < -0.39 is 12.7 Å². The van der Waals surface area contributed by atoms with Crippen LogP contribution in [0.1, 0.15) is 5.56 Å². The van der Waals surface area contributed by atoms with Gasteiger partial charge in [-0.25, -0.2) is 0 Å². The topological polar surface area (TPSA) is 12.0 Å². The van der Waals surface area contributed by atoms with E-state index in [-0.39, 0.29) is 0 Å². The predicted octanol–water partition coefficient (Wildman–Crippen LogP) is 3.07. The molecule has 1 N–H and O–H groups in total. The fourth-order valence-electron chi connectivity index (χ4n) is 1.14. The standard InChI is InChI=1S/C11H14F3NS/c12-11(13,14)9-15-6-7-16-8-10-4-2-1-3-5-10/h1-5,15H,6-9H2. The van der Waals surface area contributed by atoms with Crippen molar-refractivity contribution >= 4 is 11.8 Å². The van der Waals surface area contributed by atoms with Gasteiger partial charge in [0.2, 0.25) is 0 Å². The molecular formula is C11H14F3NS. The number of benzene rings is 1. The molecule has 0 heterocycles. The van der Waals surface area contributed by atoms with Crippen molar-refractivity contribution in [3.63, 3.8) is 0 Å². The molecule has 0 saturated carbocycles. The first-order valence-electron chi connectivity index (χ1n) is 4.97. The van der Waals surface area contributed by atoms with Crippen LogP contribution in [0.25, 0.3) is 0 Å². The van der Waals surface area contributed by atoms with Crippen molar-refractivity contribution in [1.29, 1.82) is 0 Å². The van der Waals surface area contributed by atoms with Gasteiger partial charge in [0.1, 0.15) is 0 Å². The Morgan fingerprint density at radius 1 is 1.12 bits per heavy atom. The molecule has 0 aliphatic carbocycles. The maximum absolute atomic E-state index is 11.8. The third kappa shape index (κ3) is 6.74. The number of thioether (sulfide) groups is 1. The lowest BCUT2D eigenvalue weighted by Crippen LogP contribution is -2.30. The van der Waals surface area contributed by atoms with Gasteiger partial charge in [-0.1, -0.05) is 30.3 Å². The molecule has 0 saturated heterocycles. The van der Waals surface area contributed by atoms with E-state index in [2.05, 4.69) is 5.32 Å². The summed E-state index contributed by atoms with van der Waals surface area (Å²) in [5.41, 5.74) is 1.20. The number of hydrogen-bond acceptors (Lipinski definition) is 2. The molecule has 0 spiro atoms. The maximum Gasteiger partial charge on any atom is 0.401 e. The molecule has 1 aromatic rings. The van der Waals surface area contributed by atoms with Gasteiger partial charge in [0.15, 0.2) is 0 Å². The summed E-state index contributed by atoms with van der Waals surface area (Å²) in [6.45, 7) is -0.518. The van der Waals surface area contributed by atoms with E-state index in [1.165, 1.54) is 5.56 Å². The van der Waals surface area contributed by atoms with Crippen LogP contribution in [0.3, 0.4) is 0 Å². The quantitative estimate of drug-likeness (QED) is 0.778. The largest absolute Gasteiger partial charge is 0.401 e. The zero-order valence-corrected chi connectivity index (χ0v) is 9.57. The molecule has 0 bridgehead atoms. The first-order chi connectivity index (χ1) is 7.58. The van der Waals surface area contributed by atoms with Crippen molar-refractivity contribution in [1.82, 2.24) is 5.32 Å². The average molecular weight is 249 g/mol. The number of hydrogen-bond donors (Lipinski definition) is 1. The maximum atomic E-state index is 11.8. The van der Waals surface area contributed by atoms with E-state index in [9.17, 15) is 13.2 Å².